The fraction of sp³-hybridized carbons (Fsp3) is 0.0714. The van der Waals surface area contributed by atoms with E-state index >= 15 is 0 Å². The van der Waals surface area contributed by atoms with Crippen molar-refractivity contribution in [2.45, 2.75) is 6.54 Å². The second kappa shape index (κ2) is 6.29. The molecule has 20 heavy (non-hydrogen) atoms. The van der Waals surface area contributed by atoms with Crippen molar-refractivity contribution in [1.82, 2.24) is 10.3 Å². The first-order valence-electron chi connectivity index (χ1n) is 5.79. The minimum atomic E-state index is -1.17. The maximum absolute atomic E-state index is 12.0. The van der Waals surface area contributed by atoms with Crippen LogP contribution in [0.25, 0.3) is 0 Å². The van der Waals surface area contributed by atoms with Gasteiger partial charge in [-0.3, -0.25) is 9.78 Å². The van der Waals surface area contributed by atoms with E-state index in [-0.39, 0.29) is 11.3 Å². The highest BCUT2D eigenvalue weighted by Gasteiger charge is 2.17. The third-order valence-corrected chi connectivity index (χ3v) is 3.15. The molecule has 5 nitrogen and oxygen atoms in total. The summed E-state index contributed by atoms with van der Waals surface area (Å²) in [6.45, 7) is 0.307. The Balaban J connectivity index is 2.09. The van der Waals surface area contributed by atoms with E-state index in [1.165, 1.54) is 18.3 Å². The highest BCUT2D eigenvalue weighted by Crippen LogP contribution is 2.11. The summed E-state index contributed by atoms with van der Waals surface area (Å²) in [4.78, 5) is 26.8. The summed E-state index contributed by atoms with van der Waals surface area (Å²) >= 11 is 3.33. The van der Waals surface area contributed by atoms with Gasteiger partial charge in [-0.15, -0.1) is 0 Å². The van der Waals surface area contributed by atoms with Crippen LogP contribution in [0.1, 0.15) is 26.4 Å². The number of nitrogens with zero attached hydrogens (tertiary/aromatic N) is 1. The fourth-order valence-corrected chi connectivity index (χ4v) is 1.89. The van der Waals surface area contributed by atoms with Crippen molar-refractivity contribution in [2.75, 3.05) is 0 Å². The monoisotopic (exact) mass is 334 g/mol. The molecule has 6 heteroatoms. The highest BCUT2D eigenvalue weighted by molar-refractivity contribution is 9.10. The van der Waals surface area contributed by atoms with Gasteiger partial charge < -0.3 is 10.4 Å². The van der Waals surface area contributed by atoms with Crippen LogP contribution in [-0.4, -0.2) is 22.0 Å². The lowest BCUT2D eigenvalue weighted by Gasteiger charge is -2.07. The molecule has 2 N–H and O–H groups in total. The summed E-state index contributed by atoms with van der Waals surface area (Å²) in [7, 11) is 0. The zero-order valence-electron chi connectivity index (χ0n) is 10.3. The van der Waals surface area contributed by atoms with Gasteiger partial charge in [0.2, 0.25) is 0 Å². The molecule has 0 fully saturated rings. The Bertz CT molecular complexity index is 641. The van der Waals surface area contributed by atoms with E-state index in [9.17, 15) is 9.59 Å². The van der Waals surface area contributed by atoms with Crippen LogP contribution < -0.4 is 5.32 Å². The molecular weight excluding hydrogens is 324 g/mol. The molecule has 0 aliphatic carbocycles. The Morgan fingerprint density at radius 1 is 1.20 bits per heavy atom. The number of amides is 1. The molecule has 1 amide bonds. The topological polar surface area (TPSA) is 79.3 Å². The Morgan fingerprint density at radius 2 is 1.90 bits per heavy atom. The van der Waals surface area contributed by atoms with Gasteiger partial charge in [-0.05, 0) is 29.8 Å². The number of carbonyl (C=O) groups excluding carboxylic acids is 1. The van der Waals surface area contributed by atoms with Gasteiger partial charge in [0.15, 0.2) is 0 Å². The van der Waals surface area contributed by atoms with Crippen LogP contribution in [0.5, 0.6) is 0 Å². The quantitative estimate of drug-likeness (QED) is 0.900. The SMILES string of the molecule is O=C(O)c1cccnc1C(=O)NCc1ccc(Br)cc1. The van der Waals surface area contributed by atoms with Crippen molar-refractivity contribution in [2.24, 2.45) is 0 Å². The first-order valence-corrected chi connectivity index (χ1v) is 6.58. The van der Waals surface area contributed by atoms with Crippen molar-refractivity contribution in [1.29, 1.82) is 0 Å². The summed E-state index contributed by atoms with van der Waals surface area (Å²) < 4.78 is 0.950. The number of carbonyl (C=O) groups is 2. The lowest BCUT2D eigenvalue weighted by atomic mass is 10.1. The predicted molar refractivity (Wildman–Crippen MR) is 76.5 cm³/mol. The first-order chi connectivity index (χ1) is 9.58. The predicted octanol–water partition coefficient (Wildman–Crippen LogP) is 2.47. The van der Waals surface area contributed by atoms with Crippen LogP contribution >= 0.6 is 15.9 Å². The molecule has 0 spiro atoms. The second-order valence-electron chi connectivity index (χ2n) is 4.01. The van der Waals surface area contributed by atoms with Crippen molar-refractivity contribution >= 4 is 27.8 Å². The molecule has 2 rings (SSSR count). The maximum atomic E-state index is 12.0. The summed E-state index contributed by atoms with van der Waals surface area (Å²) in [6, 6.07) is 10.3. The van der Waals surface area contributed by atoms with Crippen molar-refractivity contribution in [3.8, 4) is 0 Å². The molecule has 0 aliphatic heterocycles. The van der Waals surface area contributed by atoms with E-state index < -0.39 is 11.9 Å². The van der Waals surface area contributed by atoms with Gasteiger partial charge in [0.05, 0.1) is 5.56 Å². The van der Waals surface area contributed by atoms with Gasteiger partial charge in [0, 0.05) is 17.2 Å². The molecule has 1 aromatic carbocycles. The van der Waals surface area contributed by atoms with Gasteiger partial charge in [-0.1, -0.05) is 28.1 Å². The van der Waals surface area contributed by atoms with Gasteiger partial charge in [0.1, 0.15) is 5.69 Å². The number of aromatic carboxylic acids is 1. The Hall–Kier alpha value is -2.21. The summed E-state index contributed by atoms with van der Waals surface area (Å²) in [5.74, 6) is -1.68. The summed E-state index contributed by atoms with van der Waals surface area (Å²) in [5.41, 5.74) is 0.715. The van der Waals surface area contributed by atoms with Crippen molar-refractivity contribution in [3.63, 3.8) is 0 Å². The third kappa shape index (κ3) is 3.42. The minimum absolute atomic E-state index is 0.0860. The van der Waals surface area contributed by atoms with E-state index in [4.69, 9.17) is 5.11 Å². The Kier molecular flexibility index (Phi) is 4.47. The fourth-order valence-electron chi connectivity index (χ4n) is 1.63. The molecule has 0 bridgehead atoms. The minimum Gasteiger partial charge on any atom is -0.478 e. The van der Waals surface area contributed by atoms with E-state index in [0.717, 1.165) is 10.0 Å². The average Bonchev–Trinajstić information content (AvgIpc) is 2.46. The van der Waals surface area contributed by atoms with E-state index in [0.29, 0.717) is 6.54 Å². The standard InChI is InChI=1S/C14H11BrN2O3/c15-10-5-3-9(4-6-10)8-17-13(18)12-11(14(19)20)2-1-7-16-12/h1-7H,8H2,(H,17,18)(H,19,20). The van der Waals surface area contributed by atoms with Gasteiger partial charge in [-0.25, -0.2) is 4.79 Å². The maximum Gasteiger partial charge on any atom is 0.338 e. The number of benzene rings is 1. The number of nitrogens with one attached hydrogen (secondary N) is 1. The van der Waals surface area contributed by atoms with E-state index in [1.54, 1.807) is 0 Å². The normalized spacial score (nSPS) is 10.1. The number of pyridine rings is 1. The van der Waals surface area contributed by atoms with Crippen LogP contribution in [0.15, 0.2) is 47.1 Å². The molecule has 0 saturated heterocycles. The number of aromatic nitrogens is 1. The number of carboxylic acid groups (broad SMARTS) is 1. The lowest BCUT2D eigenvalue weighted by molar-refractivity contribution is 0.0690. The summed E-state index contributed by atoms with van der Waals surface area (Å²) in [6.07, 6.45) is 1.39. The molecule has 0 radical (unpaired) electrons. The Labute approximate surface area is 123 Å². The van der Waals surface area contributed by atoms with Crippen LogP contribution in [0.4, 0.5) is 0 Å². The molecule has 1 aromatic heterocycles. The van der Waals surface area contributed by atoms with Crippen LogP contribution in [0.2, 0.25) is 0 Å². The van der Waals surface area contributed by atoms with Crippen LogP contribution in [0, 0.1) is 0 Å². The average molecular weight is 335 g/mol. The van der Waals surface area contributed by atoms with Crippen LogP contribution in [-0.2, 0) is 6.54 Å². The number of hydrogen-bond donors (Lipinski definition) is 2. The number of halogens is 1. The van der Waals surface area contributed by atoms with Crippen molar-refractivity contribution in [3.05, 3.63) is 63.9 Å². The first kappa shape index (κ1) is 14.2. The second-order valence-corrected chi connectivity index (χ2v) is 4.93. The van der Waals surface area contributed by atoms with Gasteiger partial charge in [0.25, 0.3) is 5.91 Å². The van der Waals surface area contributed by atoms with Crippen LogP contribution in [0.3, 0.4) is 0 Å². The number of hydrogen-bond acceptors (Lipinski definition) is 3. The molecule has 0 atom stereocenters. The highest BCUT2D eigenvalue weighted by atomic mass is 79.9. The molecule has 0 aliphatic rings. The lowest BCUT2D eigenvalue weighted by Crippen LogP contribution is -2.26. The number of carboxylic acids is 1. The molecule has 2 aromatic rings. The van der Waals surface area contributed by atoms with Gasteiger partial charge >= 0.3 is 5.97 Å². The largest absolute Gasteiger partial charge is 0.478 e. The smallest absolute Gasteiger partial charge is 0.338 e. The van der Waals surface area contributed by atoms with Crippen molar-refractivity contribution < 1.29 is 14.7 Å². The summed E-state index contributed by atoms with van der Waals surface area (Å²) in [5, 5.41) is 11.7. The zero-order chi connectivity index (χ0) is 14.5. The molecule has 1 heterocycles. The Morgan fingerprint density at radius 3 is 2.55 bits per heavy atom. The zero-order valence-corrected chi connectivity index (χ0v) is 11.9. The molecule has 0 unspecified atom stereocenters. The van der Waals surface area contributed by atoms with E-state index in [2.05, 4.69) is 26.2 Å². The number of rotatable bonds is 4. The molecular formula is C14H11BrN2O3. The van der Waals surface area contributed by atoms with Gasteiger partial charge in [-0.2, -0.15) is 0 Å². The van der Waals surface area contributed by atoms with E-state index in [1.807, 2.05) is 24.3 Å². The molecule has 102 valence electrons. The molecule has 0 saturated carbocycles. The third-order valence-electron chi connectivity index (χ3n) is 2.62.